The number of rotatable bonds is 8. The maximum atomic E-state index is 10.6. The van der Waals surface area contributed by atoms with Gasteiger partial charge in [0.05, 0.1) is 5.71 Å². The highest BCUT2D eigenvalue weighted by molar-refractivity contribution is 6.10. The second kappa shape index (κ2) is 8.76. The largest absolute Gasteiger partial charge is 0.481 e. The van der Waals surface area contributed by atoms with Crippen molar-refractivity contribution >= 4 is 17.4 Å². The first-order valence-electron chi connectivity index (χ1n) is 8.75. The fourth-order valence-electron chi connectivity index (χ4n) is 2.76. The van der Waals surface area contributed by atoms with Crippen LogP contribution in [0.2, 0.25) is 0 Å². The molecule has 1 aromatic heterocycles. The van der Waals surface area contributed by atoms with Gasteiger partial charge in [0, 0.05) is 42.2 Å². The molecule has 0 saturated heterocycles. The van der Waals surface area contributed by atoms with Gasteiger partial charge in [-0.1, -0.05) is 30.3 Å². The average molecular weight is 359 g/mol. The predicted octanol–water partition coefficient (Wildman–Crippen LogP) is 4.13. The van der Waals surface area contributed by atoms with Gasteiger partial charge in [-0.25, -0.2) is 0 Å². The third kappa shape index (κ3) is 5.25. The molecule has 5 heteroatoms. The van der Waals surface area contributed by atoms with Crippen molar-refractivity contribution in [2.75, 3.05) is 5.32 Å². The fourth-order valence-corrected chi connectivity index (χ4v) is 2.76. The smallest absolute Gasteiger partial charge is 0.303 e. The molecule has 3 aromatic rings. The molecule has 0 aliphatic carbocycles. The number of pyridine rings is 1. The Hall–Kier alpha value is -3.47. The molecule has 0 unspecified atom stereocenters. The Morgan fingerprint density at radius 3 is 2.48 bits per heavy atom. The molecule has 3 N–H and O–H groups in total. The van der Waals surface area contributed by atoms with Crippen molar-refractivity contribution in [3.8, 4) is 0 Å². The number of carbonyl (C=O) groups is 1. The van der Waals surface area contributed by atoms with E-state index in [1.54, 1.807) is 12.4 Å². The standard InChI is InChI=1S/C22H21N3O2/c23-22(19-5-2-12-24-15-19)18-4-1-3-17(13-18)14-25-20-9-6-16(7-10-20)8-11-21(26)27/h1-7,9-10,12-13,15,23,25H,8,11,14H2,(H,26,27). The molecule has 0 spiro atoms. The molecule has 27 heavy (non-hydrogen) atoms. The summed E-state index contributed by atoms with van der Waals surface area (Å²) in [5.41, 5.74) is 5.16. The molecule has 0 bridgehead atoms. The quantitative estimate of drug-likeness (QED) is 0.528. The molecule has 2 aromatic carbocycles. The zero-order chi connectivity index (χ0) is 19.1. The average Bonchev–Trinajstić information content (AvgIpc) is 2.72. The van der Waals surface area contributed by atoms with E-state index in [1.165, 1.54) is 0 Å². The van der Waals surface area contributed by atoms with Crippen molar-refractivity contribution in [1.82, 2.24) is 4.98 Å². The Balaban J connectivity index is 1.61. The number of carboxylic acids is 1. The van der Waals surface area contributed by atoms with Gasteiger partial charge >= 0.3 is 5.97 Å². The van der Waals surface area contributed by atoms with Crippen molar-refractivity contribution in [3.63, 3.8) is 0 Å². The van der Waals surface area contributed by atoms with Crippen LogP contribution < -0.4 is 5.32 Å². The van der Waals surface area contributed by atoms with Gasteiger partial charge in [0.25, 0.3) is 0 Å². The van der Waals surface area contributed by atoms with Crippen LogP contribution in [0.5, 0.6) is 0 Å². The number of aliphatic carboxylic acids is 1. The summed E-state index contributed by atoms with van der Waals surface area (Å²) < 4.78 is 0. The lowest BCUT2D eigenvalue weighted by atomic mass is 10.0. The number of anilines is 1. The summed E-state index contributed by atoms with van der Waals surface area (Å²) in [5, 5.41) is 20.5. The number of benzene rings is 2. The highest BCUT2D eigenvalue weighted by Crippen LogP contribution is 2.15. The minimum Gasteiger partial charge on any atom is -0.481 e. The van der Waals surface area contributed by atoms with Crippen molar-refractivity contribution in [2.45, 2.75) is 19.4 Å². The Bertz CT molecular complexity index is 922. The van der Waals surface area contributed by atoms with Crippen LogP contribution in [0.3, 0.4) is 0 Å². The molecule has 3 rings (SSSR count). The number of hydrogen-bond donors (Lipinski definition) is 3. The highest BCUT2D eigenvalue weighted by Gasteiger charge is 2.06. The number of nitrogens with zero attached hydrogens (tertiary/aromatic N) is 1. The van der Waals surface area contributed by atoms with E-state index in [9.17, 15) is 4.79 Å². The molecular formula is C22H21N3O2. The minimum atomic E-state index is -0.783. The van der Waals surface area contributed by atoms with E-state index in [4.69, 9.17) is 10.5 Å². The summed E-state index contributed by atoms with van der Waals surface area (Å²) in [6.07, 6.45) is 4.07. The molecule has 0 aliphatic rings. The molecule has 0 radical (unpaired) electrons. The van der Waals surface area contributed by atoms with Crippen LogP contribution in [0, 0.1) is 5.41 Å². The SMILES string of the molecule is N=C(c1cccnc1)c1cccc(CNc2ccc(CCC(=O)O)cc2)c1. The van der Waals surface area contributed by atoms with E-state index < -0.39 is 5.97 Å². The second-order valence-electron chi connectivity index (χ2n) is 6.26. The fraction of sp³-hybridized carbons (Fsp3) is 0.136. The lowest BCUT2D eigenvalue weighted by Gasteiger charge is -2.10. The summed E-state index contributed by atoms with van der Waals surface area (Å²) in [6.45, 7) is 0.642. The first-order chi connectivity index (χ1) is 13.1. The van der Waals surface area contributed by atoms with E-state index >= 15 is 0 Å². The minimum absolute atomic E-state index is 0.141. The number of aryl methyl sites for hydroxylation is 1. The lowest BCUT2D eigenvalue weighted by molar-refractivity contribution is -0.136. The second-order valence-corrected chi connectivity index (χ2v) is 6.26. The maximum absolute atomic E-state index is 10.6. The van der Waals surface area contributed by atoms with E-state index in [0.717, 1.165) is 27.9 Å². The summed E-state index contributed by atoms with van der Waals surface area (Å²) in [4.78, 5) is 14.7. The first kappa shape index (κ1) is 18.3. The van der Waals surface area contributed by atoms with Crippen LogP contribution >= 0.6 is 0 Å². The number of nitrogens with one attached hydrogen (secondary N) is 2. The van der Waals surface area contributed by atoms with Crippen molar-refractivity contribution < 1.29 is 9.90 Å². The number of aromatic nitrogens is 1. The van der Waals surface area contributed by atoms with Gasteiger partial charge in [-0.3, -0.25) is 15.2 Å². The first-order valence-corrected chi connectivity index (χ1v) is 8.75. The van der Waals surface area contributed by atoms with Gasteiger partial charge in [-0.15, -0.1) is 0 Å². The van der Waals surface area contributed by atoms with Gasteiger partial charge in [0.2, 0.25) is 0 Å². The van der Waals surface area contributed by atoms with Crippen LogP contribution in [0.15, 0.2) is 73.1 Å². The van der Waals surface area contributed by atoms with Crippen molar-refractivity contribution in [3.05, 3.63) is 95.3 Å². The number of carboxylic acid groups (broad SMARTS) is 1. The Morgan fingerprint density at radius 2 is 1.78 bits per heavy atom. The Kier molecular flexibility index (Phi) is 5.94. The van der Waals surface area contributed by atoms with Crippen LogP contribution in [0.4, 0.5) is 5.69 Å². The predicted molar refractivity (Wildman–Crippen MR) is 106 cm³/mol. The summed E-state index contributed by atoms with van der Waals surface area (Å²) in [6, 6.07) is 19.4. The molecule has 0 aliphatic heterocycles. The van der Waals surface area contributed by atoms with Gasteiger partial charge in [-0.2, -0.15) is 0 Å². The summed E-state index contributed by atoms with van der Waals surface area (Å²) >= 11 is 0. The summed E-state index contributed by atoms with van der Waals surface area (Å²) in [7, 11) is 0. The van der Waals surface area contributed by atoms with E-state index in [-0.39, 0.29) is 6.42 Å². The van der Waals surface area contributed by atoms with Crippen LogP contribution in [0.25, 0.3) is 0 Å². The molecular weight excluding hydrogens is 338 g/mol. The topological polar surface area (TPSA) is 86.1 Å². The lowest BCUT2D eigenvalue weighted by Crippen LogP contribution is -2.04. The van der Waals surface area contributed by atoms with Crippen LogP contribution in [0.1, 0.15) is 28.7 Å². The third-order valence-electron chi connectivity index (χ3n) is 4.24. The molecule has 0 atom stereocenters. The highest BCUT2D eigenvalue weighted by atomic mass is 16.4. The third-order valence-corrected chi connectivity index (χ3v) is 4.24. The maximum Gasteiger partial charge on any atom is 0.303 e. The van der Waals surface area contributed by atoms with Crippen LogP contribution in [-0.4, -0.2) is 21.8 Å². The summed E-state index contributed by atoms with van der Waals surface area (Å²) in [5.74, 6) is -0.783. The zero-order valence-corrected chi connectivity index (χ0v) is 14.9. The molecule has 0 amide bonds. The van der Waals surface area contributed by atoms with Crippen molar-refractivity contribution in [2.24, 2.45) is 0 Å². The van der Waals surface area contributed by atoms with Gasteiger partial charge < -0.3 is 10.4 Å². The molecule has 0 fully saturated rings. The molecule has 1 heterocycles. The van der Waals surface area contributed by atoms with Crippen molar-refractivity contribution in [1.29, 1.82) is 5.41 Å². The normalized spacial score (nSPS) is 10.4. The number of hydrogen-bond acceptors (Lipinski definition) is 4. The molecule has 136 valence electrons. The Morgan fingerprint density at radius 1 is 1.00 bits per heavy atom. The molecule has 5 nitrogen and oxygen atoms in total. The van der Waals surface area contributed by atoms with Gasteiger partial charge in [0.15, 0.2) is 0 Å². The Labute approximate surface area is 158 Å². The van der Waals surface area contributed by atoms with Crippen LogP contribution in [-0.2, 0) is 17.8 Å². The van der Waals surface area contributed by atoms with Gasteiger partial charge in [0.1, 0.15) is 0 Å². The zero-order valence-electron chi connectivity index (χ0n) is 14.9. The molecule has 0 saturated carbocycles. The van der Waals surface area contributed by atoms with E-state index in [0.29, 0.717) is 18.7 Å². The monoisotopic (exact) mass is 359 g/mol. The van der Waals surface area contributed by atoms with E-state index in [1.807, 2.05) is 60.7 Å². The van der Waals surface area contributed by atoms with E-state index in [2.05, 4.69) is 10.3 Å². The van der Waals surface area contributed by atoms with Gasteiger partial charge in [-0.05, 0) is 47.9 Å².